The zero-order chi connectivity index (χ0) is 23.7. The molecule has 8 nitrogen and oxygen atoms in total. The number of hydrogen-bond donors (Lipinski definition) is 1. The van der Waals surface area contributed by atoms with Crippen LogP contribution in [0.15, 0.2) is 18.2 Å². The van der Waals surface area contributed by atoms with Crippen molar-refractivity contribution in [3.05, 3.63) is 29.6 Å². The van der Waals surface area contributed by atoms with Crippen molar-refractivity contribution in [1.29, 1.82) is 0 Å². The van der Waals surface area contributed by atoms with Crippen LogP contribution < -0.4 is 5.73 Å². The first-order valence-electron chi connectivity index (χ1n) is 10.9. The van der Waals surface area contributed by atoms with E-state index in [1.165, 1.54) is 16.6 Å². The fraction of sp³-hybridized carbons (Fsp3) is 0.682. The lowest BCUT2D eigenvalue weighted by atomic mass is 9.89. The average Bonchev–Trinajstić information content (AvgIpc) is 2.65. The summed E-state index contributed by atoms with van der Waals surface area (Å²) in [5.74, 6) is -0.360. The van der Waals surface area contributed by atoms with Crippen molar-refractivity contribution < 1.29 is 27.1 Å². The summed E-state index contributed by atoms with van der Waals surface area (Å²) < 4.78 is 51.6. The highest BCUT2D eigenvalue weighted by Gasteiger charge is 2.46. The maximum atomic E-state index is 14.2. The summed E-state index contributed by atoms with van der Waals surface area (Å²) in [5.41, 5.74) is 5.47. The second-order valence-electron chi connectivity index (χ2n) is 9.79. The van der Waals surface area contributed by atoms with Crippen molar-refractivity contribution in [2.24, 2.45) is 0 Å². The smallest absolute Gasteiger partial charge is 0.410 e. The molecule has 32 heavy (non-hydrogen) atoms. The van der Waals surface area contributed by atoms with Crippen LogP contribution in [0, 0.1) is 5.82 Å². The summed E-state index contributed by atoms with van der Waals surface area (Å²) in [4.78, 5) is 14.5. The van der Waals surface area contributed by atoms with E-state index >= 15 is 0 Å². The lowest BCUT2D eigenvalue weighted by Crippen LogP contribution is -2.61. The summed E-state index contributed by atoms with van der Waals surface area (Å²) in [6.07, 6.45) is 2.21. The highest BCUT2D eigenvalue weighted by molar-refractivity contribution is 7.88. The highest BCUT2D eigenvalue weighted by atomic mass is 32.2. The minimum atomic E-state index is -3.29. The molecule has 2 fully saturated rings. The molecule has 10 heteroatoms. The number of hydrogen-bond acceptors (Lipinski definition) is 6. The predicted molar refractivity (Wildman–Crippen MR) is 120 cm³/mol. The van der Waals surface area contributed by atoms with Gasteiger partial charge in [0.15, 0.2) is 0 Å². The van der Waals surface area contributed by atoms with Gasteiger partial charge in [-0.1, -0.05) is 6.07 Å². The van der Waals surface area contributed by atoms with Crippen LogP contribution in [0.25, 0.3) is 0 Å². The molecule has 0 bridgehead atoms. The highest BCUT2D eigenvalue weighted by Crippen LogP contribution is 2.35. The molecule has 1 aromatic rings. The zero-order valence-corrected chi connectivity index (χ0v) is 20.1. The van der Waals surface area contributed by atoms with Crippen LogP contribution in [0.3, 0.4) is 0 Å². The van der Waals surface area contributed by atoms with E-state index in [9.17, 15) is 17.6 Å². The molecular weight excluding hydrogens is 437 g/mol. The van der Waals surface area contributed by atoms with Gasteiger partial charge < -0.3 is 20.1 Å². The molecule has 1 amide bonds. The molecule has 2 N–H and O–H groups in total. The fourth-order valence-corrected chi connectivity index (χ4v) is 5.19. The summed E-state index contributed by atoms with van der Waals surface area (Å²) in [6.45, 7) is 6.74. The van der Waals surface area contributed by atoms with E-state index in [0.717, 1.165) is 0 Å². The number of rotatable bonds is 4. The van der Waals surface area contributed by atoms with Crippen molar-refractivity contribution in [2.75, 3.05) is 38.2 Å². The second-order valence-corrected chi connectivity index (χ2v) is 11.8. The number of nitrogens with two attached hydrogens (primary N) is 1. The molecule has 2 heterocycles. The number of carbonyl (C=O) groups is 1. The largest absolute Gasteiger partial charge is 0.444 e. The van der Waals surface area contributed by atoms with Crippen molar-refractivity contribution in [3.63, 3.8) is 0 Å². The van der Waals surface area contributed by atoms with Gasteiger partial charge in [-0.05, 0) is 58.6 Å². The van der Waals surface area contributed by atoms with E-state index < -0.39 is 27.3 Å². The lowest BCUT2D eigenvalue weighted by Gasteiger charge is -2.49. The molecule has 1 unspecified atom stereocenters. The Balaban J connectivity index is 1.77. The third-order valence-electron chi connectivity index (χ3n) is 5.95. The van der Waals surface area contributed by atoms with Crippen LogP contribution in [0.5, 0.6) is 0 Å². The van der Waals surface area contributed by atoms with Crippen LogP contribution in [0.1, 0.15) is 45.6 Å². The molecule has 1 spiro atoms. The fourth-order valence-electron chi connectivity index (χ4n) is 4.35. The number of piperidine rings is 1. The SMILES string of the molecule is CC(C)(C)OC(=O)N1CC(CCc2c(N)cccc2F)OC2(CCN(S(C)(=O)=O)CC2)C1. The van der Waals surface area contributed by atoms with E-state index in [0.29, 0.717) is 63.1 Å². The number of amides is 1. The Bertz CT molecular complexity index is 919. The lowest BCUT2D eigenvalue weighted by molar-refractivity contribution is -0.169. The monoisotopic (exact) mass is 471 g/mol. The van der Waals surface area contributed by atoms with E-state index in [1.807, 2.05) is 20.8 Å². The van der Waals surface area contributed by atoms with E-state index in [-0.39, 0.29) is 11.9 Å². The molecule has 2 aliphatic rings. The molecular formula is C22H34FN3O5S. The van der Waals surface area contributed by atoms with Gasteiger partial charge in [-0.2, -0.15) is 0 Å². The summed E-state index contributed by atoms with van der Waals surface area (Å²) >= 11 is 0. The first-order valence-corrected chi connectivity index (χ1v) is 12.8. The van der Waals surface area contributed by atoms with E-state index in [1.54, 1.807) is 17.0 Å². The van der Waals surface area contributed by atoms with Crippen LogP contribution >= 0.6 is 0 Å². The normalized spacial score (nSPS) is 22.2. The molecule has 0 aliphatic carbocycles. The van der Waals surface area contributed by atoms with Gasteiger partial charge in [0.2, 0.25) is 10.0 Å². The molecule has 180 valence electrons. The average molecular weight is 472 g/mol. The number of halogens is 1. The summed E-state index contributed by atoms with van der Waals surface area (Å²) in [6, 6.07) is 4.61. The Labute approximate surface area is 189 Å². The van der Waals surface area contributed by atoms with Crippen molar-refractivity contribution in [1.82, 2.24) is 9.21 Å². The van der Waals surface area contributed by atoms with Gasteiger partial charge in [-0.3, -0.25) is 0 Å². The number of ether oxygens (including phenoxy) is 2. The minimum absolute atomic E-state index is 0.320. The van der Waals surface area contributed by atoms with Crippen LogP contribution in [0.2, 0.25) is 0 Å². The van der Waals surface area contributed by atoms with Gasteiger partial charge in [0, 0.05) is 24.3 Å². The number of benzene rings is 1. The topological polar surface area (TPSA) is 102 Å². The number of morpholine rings is 1. The maximum absolute atomic E-state index is 14.2. The Hall–Kier alpha value is -1.91. The number of anilines is 1. The first-order chi connectivity index (χ1) is 14.8. The van der Waals surface area contributed by atoms with Gasteiger partial charge in [-0.15, -0.1) is 0 Å². The Morgan fingerprint density at radius 1 is 1.31 bits per heavy atom. The molecule has 0 radical (unpaired) electrons. The quantitative estimate of drug-likeness (QED) is 0.678. The number of nitrogens with zero attached hydrogens (tertiary/aromatic N) is 2. The van der Waals surface area contributed by atoms with Crippen LogP contribution in [-0.4, -0.2) is 73.5 Å². The molecule has 3 rings (SSSR count). The summed E-state index contributed by atoms with van der Waals surface area (Å²) in [5, 5.41) is 0. The molecule has 0 saturated carbocycles. The Morgan fingerprint density at radius 3 is 2.53 bits per heavy atom. The van der Waals surface area contributed by atoms with Crippen LogP contribution in [-0.2, 0) is 25.9 Å². The number of carbonyl (C=O) groups excluding carboxylic acids is 1. The third-order valence-corrected chi connectivity index (χ3v) is 7.25. The van der Waals surface area contributed by atoms with Gasteiger partial charge in [0.1, 0.15) is 11.4 Å². The third kappa shape index (κ3) is 6.11. The van der Waals surface area contributed by atoms with Gasteiger partial charge in [0.05, 0.1) is 31.1 Å². The first kappa shape index (κ1) is 24.7. The minimum Gasteiger partial charge on any atom is -0.444 e. The predicted octanol–water partition coefficient (Wildman–Crippen LogP) is 2.77. The maximum Gasteiger partial charge on any atom is 0.410 e. The van der Waals surface area contributed by atoms with Gasteiger partial charge in [0.25, 0.3) is 0 Å². The second kappa shape index (κ2) is 9.15. The molecule has 2 aliphatic heterocycles. The van der Waals surface area contributed by atoms with Crippen LogP contribution in [0.4, 0.5) is 14.9 Å². The number of nitrogen functional groups attached to an aromatic ring is 1. The van der Waals surface area contributed by atoms with E-state index in [4.69, 9.17) is 15.2 Å². The van der Waals surface area contributed by atoms with Crippen molar-refractivity contribution >= 4 is 21.8 Å². The Kier molecular flexibility index (Phi) is 7.07. The number of sulfonamides is 1. The molecule has 1 aromatic carbocycles. The standard InChI is InChI=1S/C22H34FN3O5S/c1-21(2,3)31-20(27)25-14-16(8-9-17-18(23)6-5-7-19(17)24)30-22(15-25)10-12-26(13-11-22)32(4,28)29/h5-7,16H,8-15,24H2,1-4H3. The van der Waals surface area contributed by atoms with Crippen molar-refractivity contribution in [2.45, 2.75) is 63.8 Å². The van der Waals surface area contributed by atoms with E-state index in [2.05, 4.69) is 0 Å². The molecule has 1 atom stereocenters. The molecule has 2 saturated heterocycles. The zero-order valence-electron chi connectivity index (χ0n) is 19.3. The van der Waals surface area contributed by atoms with Crippen molar-refractivity contribution in [3.8, 4) is 0 Å². The summed E-state index contributed by atoms with van der Waals surface area (Å²) in [7, 11) is -3.29. The molecule has 0 aromatic heterocycles. The Morgan fingerprint density at radius 2 is 1.97 bits per heavy atom. The van der Waals surface area contributed by atoms with Gasteiger partial charge >= 0.3 is 6.09 Å². The van der Waals surface area contributed by atoms with Gasteiger partial charge in [-0.25, -0.2) is 21.9 Å².